The van der Waals surface area contributed by atoms with Gasteiger partial charge in [-0.1, -0.05) is 96.5 Å². The molecule has 1 nitrogen and oxygen atoms in total. The van der Waals surface area contributed by atoms with Crippen LogP contribution in [0.4, 0.5) is 11.4 Å². The minimum Gasteiger partial charge on any atom is -0.354 e. The molecule has 4 rings (SSSR count). The third kappa shape index (κ3) is 3.49. The molecular weight excluding hydrogens is 338 g/mol. The van der Waals surface area contributed by atoms with Gasteiger partial charge in [-0.2, -0.15) is 0 Å². The molecule has 4 aromatic rings. The van der Waals surface area contributed by atoms with Crippen molar-refractivity contribution in [3.05, 3.63) is 108 Å². The van der Waals surface area contributed by atoms with Gasteiger partial charge in [0.1, 0.15) is 0 Å². The summed E-state index contributed by atoms with van der Waals surface area (Å²) in [6.45, 7) is 0. The van der Waals surface area contributed by atoms with Crippen LogP contribution in [0.5, 0.6) is 0 Å². The molecule has 0 atom stereocenters. The normalized spacial score (nSPS) is 12.1. The predicted molar refractivity (Wildman–Crippen MR) is 112 cm³/mol. The van der Waals surface area contributed by atoms with Crippen LogP contribution >= 0.6 is 11.6 Å². The smallest absolute Gasteiger partial charge is 0.0645 e. The summed E-state index contributed by atoms with van der Waals surface area (Å²) in [4.78, 5) is 0. The van der Waals surface area contributed by atoms with Crippen LogP contribution in [-0.2, 0) is 0 Å². The van der Waals surface area contributed by atoms with Gasteiger partial charge in [0.15, 0.2) is 0 Å². The number of rotatable bonds is 4. The Morgan fingerprint density at radius 3 is 1.85 bits per heavy atom. The highest BCUT2D eigenvalue weighted by atomic mass is 35.5. The number of halogens is 1. The van der Waals surface area contributed by atoms with E-state index in [-0.39, 0.29) is 23.1 Å². The molecule has 0 spiro atoms. The Balaban J connectivity index is 1.94. The van der Waals surface area contributed by atoms with Crippen LogP contribution in [-0.4, -0.2) is 0 Å². The molecule has 4 aromatic carbocycles. The van der Waals surface area contributed by atoms with Gasteiger partial charge in [-0.25, -0.2) is 0 Å². The van der Waals surface area contributed by atoms with Crippen LogP contribution in [0.2, 0.25) is 5.02 Å². The van der Waals surface area contributed by atoms with Crippen molar-refractivity contribution in [1.29, 1.82) is 0 Å². The fourth-order valence-electron chi connectivity index (χ4n) is 2.96. The third-order valence-electron chi connectivity index (χ3n) is 4.14. The zero-order chi connectivity index (χ0) is 20.4. The first kappa shape index (κ1) is 13.2. The molecular formula is C24H18ClN. The predicted octanol–water partition coefficient (Wildman–Crippen LogP) is 7.42. The van der Waals surface area contributed by atoms with E-state index in [0.29, 0.717) is 5.69 Å². The lowest BCUT2D eigenvalue weighted by atomic mass is 9.95. The molecule has 0 aliphatic carbocycles. The fourth-order valence-corrected chi connectivity index (χ4v) is 3.12. The van der Waals surface area contributed by atoms with Gasteiger partial charge in [0.05, 0.1) is 9.80 Å². The highest BCUT2D eigenvalue weighted by Gasteiger charge is 2.12. The third-order valence-corrected chi connectivity index (χ3v) is 4.35. The fraction of sp³-hybridized carbons (Fsp3) is 0. The number of para-hydroxylation sites is 1. The van der Waals surface area contributed by atoms with Crippen molar-refractivity contribution in [3.8, 4) is 22.3 Å². The molecule has 0 saturated heterocycles. The van der Waals surface area contributed by atoms with Crippen LogP contribution in [0.15, 0.2) is 103 Å². The van der Waals surface area contributed by atoms with Crippen molar-refractivity contribution in [2.45, 2.75) is 0 Å². The maximum absolute atomic E-state index is 8.30. The molecule has 0 aliphatic heterocycles. The molecule has 0 unspecified atom stereocenters. The topological polar surface area (TPSA) is 12.0 Å². The van der Waals surface area contributed by atoms with Crippen molar-refractivity contribution in [1.82, 2.24) is 0 Å². The molecule has 0 heterocycles. The lowest BCUT2D eigenvalue weighted by Gasteiger charge is -2.18. The Bertz CT molecular complexity index is 1100. The minimum absolute atomic E-state index is 0.0544. The summed E-state index contributed by atoms with van der Waals surface area (Å²) in [7, 11) is 0. The summed E-state index contributed by atoms with van der Waals surface area (Å²) in [6.07, 6.45) is 0. The average molecular weight is 359 g/mol. The van der Waals surface area contributed by atoms with Crippen LogP contribution in [0.3, 0.4) is 0 Å². The molecule has 2 heteroatoms. The number of nitrogens with one attached hydrogen (secondary N) is 1. The van der Waals surface area contributed by atoms with Gasteiger partial charge in [-0.05, 0) is 29.3 Å². The van der Waals surface area contributed by atoms with E-state index in [1.54, 1.807) is 6.07 Å². The zero-order valence-corrected chi connectivity index (χ0v) is 14.7. The standard InChI is InChI=1S/C24H18ClN/c25-20-13-7-14-21(17-20)26-24-22(18-9-3-1-4-10-18)15-8-16-23(24)19-11-5-2-6-12-19/h1-17,26H/i7D,13D,14D. The summed E-state index contributed by atoms with van der Waals surface area (Å²) in [6, 6.07) is 27.2. The lowest BCUT2D eigenvalue weighted by molar-refractivity contribution is 1.52. The summed E-state index contributed by atoms with van der Waals surface area (Å²) >= 11 is 6.14. The first-order valence-corrected chi connectivity index (χ1v) is 8.71. The number of benzene rings is 4. The van der Waals surface area contributed by atoms with Crippen LogP contribution in [0.25, 0.3) is 22.3 Å². The SMILES string of the molecule is [2H]c1c(Cl)cc(Nc2c(-c3ccccc3)cccc2-c2ccccc2)c([2H])c1[2H]. The average Bonchev–Trinajstić information content (AvgIpc) is 2.77. The van der Waals surface area contributed by atoms with Gasteiger partial charge in [-0.3, -0.25) is 0 Å². The van der Waals surface area contributed by atoms with Gasteiger partial charge >= 0.3 is 0 Å². The van der Waals surface area contributed by atoms with Crippen molar-refractivity contribution in [2.24, 2.45) is 0 Å². The van der Waals surface area contributed by atoms with Gasteiger partial charge in [0.2, 0.25) is 0 Å². The number of anilines is 2. The van der Waals surface area contributed by atoms with Crippen molar-refractivity contribution < 1.29 is 4.11 Å². The molecule has 0 fully saturated rings. The highest BCUT2D eigenvalue weighted by Crippen LogP contribution is 2.38. The first-order chi connectivity index (χ1) is 14.1. The highest BCUT2D eigenvalue weighted by molar-refractivity contribution is 6.30. The first-order valence-electron chi connectivity index (χ1n) is 9.83. The summed E-state index contributed by atoms with van der Waals surface area (Å²) in [5.74, 6) is 0. The molecule has 126 valence electrons. The van der Waals surface area contributed by atoms with Crippen molar-refractivity contribution in [3.63, 3.8) is 0 Å². The van der Waals surface area contributed by atoms with Gasteiger partial charge in [0.25, 0.3) is 0 Å². The van der Waals surface area contributed by atoms with Gasteiger partial charge in [-0.15, -0.1) is 0 Å². The molecule has 0 aromatic heterocycles. The van der Waals surface area contributed by atoms with E-state index >= 15 is 0 Å². The van der Waals surface area contributed by atoms with E-state index in [1.807, 2.05) is 78.9 Å². The molecule has 0 bridgehead atoms. The maximum atomic E-state index is 8.30. The van der Waals surface area contributed by atoms with Gasteiger partial charge < -0.3 is 5.32 Å². The summed E-state index contributed by atoms with van der Waals surface area (Å²) < 4.78 is 24.2. The lowest BCUT2D eigenvalue weighted by Crippen LogP contribution is -1.96. The monoisotopic (exact) mass is 358 g/mol. The largest absolute Gasteiger partial charge is 0.354 e. The van der Waals surface area contributed by atoms with Crippen LogP contribution < -0.4 is 5.32 Å². The van der Waals surface area contributed by atoms with E-state index in [9.17, 15) is 0 Å². The molecule has 1 N–H and O–H groups in total. The van der Waals surface area contributed by atoms with E-state index in [1.165, 1.54) is 0 Å². The van der Waals surface area contributed by atoms with Crippen molar-refractivity contribution in [2.75, 3.05) is 5.32 Å². The number of hydrogen-bond donors (Lipinski definition) is 1. The van der Waals surface area contributed by atoms with E-state index in [2.05, 4.69) is 5.32 Å². The van der Waals surface area contributed by atoms with E-state index < -0.39 is 0 Å². The second-order valence-corrected chi connectivity index (χ2v) is 6.27. The summed E-state index contributed by atoms with van der Waals surface area (Å²) in [5.41, 5.74) is 5.25. The Kier molecular flexibility index (Phi) is 3.79. The van der Waals surface area contributed by atoms with E-state index in [4.69, 9.17) is 15.7 Å². The van der Waals surface area contributed by atoms with Crippen molar-refractivity contribution >= 4 is 23.0 Å². The Labute approximate surface area is 163 Å². The maximum Gasteiger partial charge on any atom is 0.0645 e. The minimum atomic E-state index is -0.196. The second kappa shape index (κ2) is 7.47. The molecule has 0 radical (unpaired) electrons. The van der Waals surface area contributed by atoms with Gasteiger partial charge in [0, 0.05) is 21.8 Å². The molecule has 26 heavy (non-hydrogen) atoms. The second-order valence-electron chi connectivity index (χ2n) is 5.87. The van der Waals surface area contributed by atoms with E-state index in [0.717, 1.165) is 27.9 Å². The number of hydrogen-bond acceptors (Lipinski definition) is 1. The van der Waals surface area contributed by atoms with Crippen LogP contribution in [0, 0.1) is 0 Å². The Hall–Kier alpha value is -3.03. The summed E-state index contributed by atoms with van der Waals surface area (Å²) in [5, 5.41) is 3.49. The molecule has 0 aliphatic rings. The zero-order valence-electron chi connectivity index (χ0n) is 17.0. The van der Waals surface area contributed by atoms with Crippen LogP contribution in [0.1, 0.15) is 4.11 Å². The molecule has 0 saturated carbocycles. The molecule has 0 amide bonds. The Morgan fingerprint density at radius 2 is 1.27 bits per heavy atom. The Morgan fingerprint density at radius 1 is 0.692 bits per heavy atom. The quantitative estimate of drug-likeness (QED) is 0.400.